The van der Waals surface area contributed by atoms with Gasteiger partial charge >= 0.3 is 5.97 Å². The summed E-state index contributed by atoms with van der Waals surface area (Å²) in [7, 11) is 0. The van der Waals surface area contributed by atoms with Gasteiger partial charge in [0.25, 0.3) is 0 Å². The molecular weight excluding hydrogens is 420 g/mol. The number of aromatic hydroxyl groups is 1. The number of carbonyl (C=O) groups is 1. The smallest absolute Gasteiger partial charge is 0.308 e. The van der Waals surface area contributed by atoms with Gasteiger partial charge in [0.05, 0.1) is 0 Å². The molecular formula is C31H52O3. The van der Waals surface area contributed by atoms with Gasteiger partial charge in [-0.15, -0.1) is 0 Å². The first-order chi connectivity index (χ1) is 15.9. The van der Waals surface area contributed by atoms with Crippen molar-refractivity contribution in [1.29, 1.82) is 0 Å². The van der Waals surface area contributed by atoms with Gasteiger partial charge in [-0.3, -0.25) is 4.79 Å². The number of rotatable bonds is 15. The zero-order valence-electron chi connectivity index (χ0n) is 23.6. The summed E-state index contributed by atoms with van der Waals surface area (Å²) >= 11 is 0. The Morgan fingerprint density at radius 2 is 1.35 bits per heavy atom. The molecule has 0 amide bonds. The van der Waals surface area contributed by atoms with Gasteiger partial charge in [0, 0.05) is 12.5 Å². The third kappa shape index (κ3) is 10.7. The number of phenols is 1. The number of ether oxygens (including phenoxy) is 1. The Hall–Kier alpha value is -1.77. The van der Waals surface area contributed by atoms with Crippen molar-refractivity contribution in [3.8, 4) is 11.5 Å². The summed E-state index contributed by atoms with van der Waals surface area (Å²) < 4.78 is 5.46. The van der Waals surface area contributed by atoms with E-state index in [1.165, 1.54) is 63.9 Å². The van der Waals surface area contributed by atoms with Crippen molar-refractivity contribution in [2.24, 2.45) is 17.8 Å². The van der Waals surface area contributed by atoms with Crippen molar-refractivity contribution in [2.45, 2.75) is 127 Å². The highest BCUT2D eigenvalue weighted by atomic mass is 16.5. The number of esters is 1. The van der Waals surface area contributed by atoms with Crippen LogP contribution in [-0.4, -0.2) is 11.1 Å². The highest BCUT2D eigenvalue weighted by Gasteiger charge is 2.18. The molecule has 0 heterocycles. The SMILES string of the molecule is CC(=O)Oc1c(C)c(C)c(O)c(CC=C(C)CCCC(C)CCCC(C)CCCC(C)C)c1C. The summed E-state index contributed by atoms with van der Waals surface area (Å²) in [6.45, 7) is 18.8. The van der Waals surface area contributed by atoms with Crippen LogP contribution in [0.2, 0.25) is 0 Å². The number of carbonyl (C=O) groups excluding carboxylic acids is 1. The van der Waals surface area contributed by atoms with Crippen molar-refractivity contribution in [1.82, 2.24) is 0 Å². The summed E-state index contributed by atoms with van der Waals surface area (Å²) in [5.41, 5.74) is 4.68. The molecule has 0 aromatic heterocycles. The van der Waals surface area contributed by atoms with Gasteiger partial charge in [-0.05, 0) is 81.4 Å². The molecule has 1 N–H and O–H groups in total. The van der Waals surface area contributed by atoms with Crippen molar-refractivity contribution < 1.29 is 14.6 Å². The van der Waals surface area contributed by atoms with E-state index in [9.17, 15) is 9.90 Å². The van der Waals surface area contributed by atoms with E-state index in [-0.39, 0.29) is 5.97 Å². The van der Waals surface area contributed by atoms with E-state index in [0.29, 0.717) is 17.9 Å². The third-order valence-corrected chi connectivity index (χ3v) is 7.38. The standard InChI is InChI=1S/C31H52O3/c1-21(2)13-10-14-22(3)15-11-16-23(4)17-12-18-24(5)19-20-29-27(8)31(34-28(9)32)26(7)25(6)30(29)33/h19,21-23,33H,10-18,20H2,1-9H3. The molecule has 1 aromatic rings. The fourth-order valence-electron chi connectivity index (χ4n) is 4.80. The minimum atomic E-state index is -0.330. The van der Waals surface area contributed by atoms with E-state index >= 15 is 0 Å². The second-order valence-electron chi connectivity index (χ2n) is 11.2. The van der Waals surface area contributed by atoms with E-state index < -0.39 is 0 Å². The van der Waals surface area contributed by atoms with Crippen molar-refractivity contribution >= 4 is 5.97 Å². The normalized spacial score (nSPS) is 13.9. The van der Waals surface area contributed by atoms with E-state index in [1.807, 2.05) is 20.8 Å². The second kappa shape index (κ2) is 15.3. The Morgan fingerprint density at radius 3 is 1.88 bits per heavy atom. The van der Waals surface area contributed by atoms with Crippen molar-refractivity contribution in [3.63, 3.8) is 0 Å². The maximum Gasteiger partial charge on any atom is 0.308 e. The molecule has 194 valence electrons. The van der Waals surface area contributed by atoms with Crippen LogP contribution in [0.25, 0.3) is 0 Å². The molecule has 0 radical (unpaired) electrons. The van der Waals surface area contributed by atoms with Gasteiger partial charge in [0.15, 0.2) is 0 Å². The fourth-order valence-corrected chi connectivity index (χ4v) is 4.80. The van der Waals surface area contributed by atoms with Crippen LogP contribution in [0.1, 0.15) is 122 Å². The molecule has 0 aliphatic heterocycles. The Kier molecular flexibility index (Phi) is 13.6. The van der Waals surface area contributed by atoms with Gasteiger partial charge in [-0.2, -0.15) is 0 Å². The molecule has 2 atom stereocenters. The molecule has 34 heavy (non-hydrogen) atoms. The molecule has 0 bridgehead atoms. The lowest BCUT2D eigenvalue weighted by atomic mass is 9.91. The van der Waals surface area contributed by atoms with Crippen LogP contribution in [-0.2, 0) is 11.2 Å². The van der Waals surface area contributed by atoms with E-state index in [2.05, 4.69) is 40.7 Å². The van der Waals surface area contributed by atoms with Gasteiger partial charge in [-0.25, -0.2) is 0 Å². The minimum absolute atomic E-state index is 0.321. The average Bonchev–Trinajstić information content (AvgIpc) is 2.75. The first kappa shape index (κ1) is 30.3. The molecule has 3 nitrogen and oxygen atoms in total. The largest absolute Gasteiger partial charge is 0.507 e. The average molecular weight is 473 g/mol. The number of allylic oxidation sites excluding steroid dienone is 2. The van der Waals surface area contributed by atoms with E-state index in [1.54, 1.807) is 0 Å². The van der Waals surface area contributed by atoms with E-state index in [0.717, 1.165) is 46.4 Å². The van der Waals surface area contributed by atoms with E-state index in [4.69, 9.17) is 4.74 Å². The topological polar surface area (TPSA) is 46.5 Å². The maximum absolute atomic E-state index is 11.5. The minimum Gasteiger partial charge on any atom is -0.507 e. The predicted molar refractivity (Wildman–Crippen MR) is 146 cm³/mol. The molecule has 0 aliphatic carbocycles. The van der Waals surface area contributed by atoms with Crippen LogP contribution in [0.15, 0.2) is 11.6 Å². The third-order valence-electron chi connectivity index (χ3n) is 7.38. The Morgan fingerprint density at radius 1 is 0.824 bits per heavy atom. The number of phenolic OH excluding ortho intramolecular Hbond substituents is 1. The maximum atomic E-state index is 11.5. The second-order valence-corrected chi connectivity index (χ2v) is 11.2. The first-order valence-electron chi connectivity index (χ1n) is 13.6. The highest BCUT2D eigenvalue weighted by molar-refractivity contribution is 5.72. The zero-order valence-corrected chi connectivity index (χ0v) is 23.6. The fraction of sp³-hybridized carbons (Fsp3) is 0.710. The zero-order chi connectivity index (χ0) is 25.8. The van der Waals surface area contributed by atoms with Gasteiger partial charge in [-0.1, -0.05) is 84.3 Å². The highest BCUT2D eigenvalue weighted by Crippen LogP contribution is 2.37. The quantitative estimate of drug-likeness (QED) is 0.157. The summed E-state index contributed by atoms with van der Waals surface area (Å²) in [5.74, 6) is 3.06. The summed E-state index contributed by atoms with van der Waals surface area (Å²) in [5, 5.41) is 10.7. The van der Waals surface area contributed by atoms with Crippen LogP contribution in [0.5, 0.6) is 11.5 Å². The van der Waals surface area contributed by atoms with Gasteiger partial charge in [0.2, 0.25) is 0 Å². The first-order valence-corrected chi connectivity index (χ1v) is 13.6. The Labute approximate surface area is 210 Å². The Bertz CT molecular complexity index is 804. The summed E-state index contributed by atoms with van der Waals surface area (Å²) in [6, 6.07) is 0. The Balaban J connectivity index is 2.49. The molecule has 0 saturated heterocycles. The van der Waals surface area contributed by atoms with Crippen LogP contribution in [0, 0.1) is 38.5 Å². The molecule has 1 rings (SSSR count). The molecule has 2 unspecified atom stereocenters. The lowest BCUT2D eigenvalue weighted by Gasteiger charge is -2.18. The number of benzene rings is 1. The lowest BCUT2D eigenvalue weighted by molar-refractivity contribution is -0.131. The predicted octanol–water partition coefficient (Wildman–Crippen LogP) is 9.17. The summed E-state index contributed by atoms with van der Waals surface area (Å²) in [4.78, 5) is 11.5. The van der Waals surface area contributed by atoms with Crippen LogP contribution in [0.3, 0.4) is 0 Å². The molecule has 3 heteroatoms. The lowest BCUT2D eigenvalue weighted by Crippen LogP contribution is -2.07. The van der Waals surface area contributed by atoms with Gasteiger partial charge in [0.1, 0.15) is 11.5 Å². The van der Waals surface area contributed by atoms with Crippen LogP contribution < -0.4 is 4.74 Å². The molecule has 0 aliphatic rings. The van der Waals surface area contributed by atoms with Crippen LogP contribution in [0.4, 0.5) is 0 Å². The van der Waals surface area contributed by atoms with Crippen molar-refractivity contribution in [3.05, 3.63) is 33.9 Å². The van der Waals surface area contributed by atoms with Crippen molar-refractivity contribution in [2.75, 3.05) is 0 Å². The van der Waals surface area contributed by atoms with Crippen LogP contribution >= 0.6 is 0 Å². The molecule has 1 aromatic carbocycles. The molecule has 0 fully saturated rings. The monoisotopic (exact) mass is 472 g/mol. The van der Waals surface area contributed by atoms with Gasteiger partial charge < -0.3 is 9.84 Å². The molecule has 0 spiro atoms. The molecule has 0 saturated carbocycles. The number of hydrogen-bond donors (Lipinski definition) is 1. The number of hydrogen-bond acceptors (Lipinski definition) is 3. The summed E-state index contributed by atoms with van der Waals surface area (Å²) in [6.07, 6.45) is 14.7.